The quantitative estimate of drug-likeness (QED) is 0.390. The number of nitrogens with zero attached hydrogens (tertiary/aromatic N) is 2. The fourth-order valence-electron chi connectivity index (χ4n) is 3.07. The van der Waals surface area contributed by atoms with Crippen LogP contribution in [0.3, 0.4) is 0 Å². The molecule has 1 heterocycles. The van der Waals surface area contributed by atoms with E-state index in [4.69, 9.17) is 0 Å². The highest BCUT2D eigenvalue weighted by Crippen LogP contribution is 2.41. The monoisotopic (exact) mass is 342 g/mol. The highest BCUT2D eigenvalue weighted by atomic mass is 16.6. The predicted molar refractivity (Wildman–Crippen MR) is 101 cm³/mol. The van der Waals surface area contributed by atoms with Crippen molar-refractivity contribution < 1.29 is 9.72 Å². The third-order valence-electron chi connectivity index (χ3n) is 4.30. The summed E-state index contributed by atoms with van der Waals surface area (Å²) in [6.07, 6.45) is 1.77. The fourth-order valence-corrected chi connectivity index (χ4v) is 3.07. The van der Waals surface area contributed by atoms with Gasteiger partial charge in [-0.25, -0.2) is 0 Å². The number of rotatable bonds is 3. The third kappa shape index (κ3) is 2.65. The molecule has 5 nitrogen and oxygen atoms in total. The first-order valence-corrected chi connectivity index (χ1v) is 8.10. The Bertz CT molecular complexity index is 1020. The Kier molecular flexibility index (Phi) is 3.82. The van der Waals surface area contributed by atoms with Crippen molar-refractivity contribution in [2.75, 3.05) is 4.90 Å². The molecule has 0 radical (unpaired) electrons. The van der Waals surface area contributed by atoms with E-state index in [0.29, 0.717) is 5.57 Å². The summed E-state index contributed by atoms with van der Waals surface area (Å²) in [5.41, 5.74) is 3.81. The van der Waals surface area contributed by atoms with Crippen molar-refractivity contribution in [3.05, 3.63) is 100 Å². The summed E-state index contributed by atoms with van der Waals surface area (Å²) >= 11 is 0. The summed E-state index contributed by atoms with van der Waals surface area (Å²) in [6, 6.07) is 23.3. The van der Waals surface area contributed by atoms with Crippen LogP contribution in [0.15, 0.2) is 78.9 Å². The average molecular weight is 342 g/mol. The zero-order chi connectivity index (χ0) is 18.1. The minimum atomic E-state index is -0.440. The molecule has 0 saturated heterocycles. The largest absolute Gasteiger partial charge is 0.276 e. The van der Waals surface area contributed by atoms with E-state index in [1.807, 2.05) is 54.6 Å². The lowest BCUT2D eigenvalue weighted by Gasteiger charge is -2.16. The van der Waals surface area contributed by atoms with Crippen LogP contribution < -0.4 is 4.90 Å². The van der Waals surface area contributed by atoms with Gasteiger partial charge in [0.05, 0.1) is 16.2 Å². The summed E-state index contributed by atoms with van der Waals surface area (Å²) in [5.74, 6) is -0.115. The van der Waals surface area contributed by atoms with E-state index < -0.39 is 4.92 Å². The van der Waals surface area contributed by atoms with Crippen molar-refractivity contribution >= 4 is 34.6 Å². The molecule has 3 aromatic rings. The maximum atomic E-state index is 13.1. The molecule has 1 aliphatic heterocycles. The molecule has 0 fully saturated rings. The highest BCUT2D eigenvalue weighted by molar-refractivity contribution is 6.37. The van der Waals surface area contributed by atoms with Crippen LogP contribution >= 0.6 is 0 Å². The van der Waals surface area contributed by atoms with E-state index in [1.54, 1.807) is 23.1 Å². The molecule has 5 heteroatoms. The van der Waals surface area contributed by atoms with Gasteiger partial charge in [0.15, 0.2) is 0 Å². The number of fused-ring (bicyclic) bond motifs is 1. The van der Waals surface area contributed by atoms with E-state index in [2.05, 4.69) is 0 Å². The van der Waals surface area contributed by atoms with Crippen LogP contribution in [0.25, 0.3) is 11.6 Å². The Morgan fingerprint density at radius 2 is 1.50 bits per heavy atom. The lowest BCUT2D eigenvalue weighted by Crippen LogP contribution is -2.20. The number of hydrogen-bond donors (Lipinski definition) is 0. The number of anilines is 2. The zero-order valence-corrected chi connectivity index (χ0v) is 13.7. The molecule has 0 atom stereocenters. The molecule has 0 saturated carbocycles. The number of nitro groups is 1. The number of amides is 1. The first-order chi connectivity index (χ1) is 12.6. The fraction of sp³-hybridized carbons (Fsp3) is 0. The number of non-ortho nitro benzene ring substituents is 1. The van der Waals surface area contributed by atoms with Gasteiger partial charge in [-0.15, -0.1) is 0 Å². The second kappa shape index (κ2) is 6.29. The molecular formula is C21H14N2O3. The summed E-state index contributed by atoms with van der Waals surface area (Å²) in [4.78, 5) is 25.1. The number of benzene rings is 3. The molecule has 26 heavy (non-hydrogen) atoms. The minimum absolute atomic E-state index is 0.0243. The van der Waals surface area contributed by atoms with Crippen molar-refractivity contribution in [3.63, 3.8) is 0 Å². The summed E-state index contributed by atoms with van der Waals surface area (Å²) in [5, 5.41) is 10.8. The van der Waals surface area contributed by atoms with Gasteiger partial charge >= 0.3 is 0 Å². The predicted octanol–water partition coefficient (Wildman–Crippen LogP) is 4.81. The maximum absolute atomic E-state index is 13.1. The second-order valence-corrected chi connectivity index (χ2v) is 5.90. The Labute approximate surface area is 150 Å². The summed E-state index contributed by atoms with van der Waals surface area (Å²) in [6.45, 7) is 0. The van der Waals surface area contributed by atoms with Gasteiger partial charge in [-0.2, -0.15) is 0 Å². The molecule has 0 aromatic heterocycles. The van der Waals surface area contributed by atoms with Crippen molar-refractivity contribution in [1.29, 1.82) is 0 Å². The van der Waals surface area contributed by atoms with Crippen LogP contribution in [0.1, 0.15) is 11.1 Å². The highest BCUT2D eigenvalue weighted by Gasteiger charge is 2.32. The molecule has 126 valence electrons. The average Bonchev–Trinajstić information content (AvgIpc) is 2.95. The molecule has 0 unspecified atom stereocenters. The molecule has 0 aliphatic carbocycles. The Morgan fingerprint density at radius 1 is 0.846 bits per heavy atom. The number of carbonyl (C=O) groups is 1. The normalized spacial score (nSPS) is 14.5. The van der Waals surface area contributed by atoms with Crippen molar-refractivity contribution in [2.24, 2.45) is 0 Å². The lowest BCUT2D eigenvalue weighted by molar-refractivity contribution is -0.384. The smallest absolute Gasteiger partial charge is 0.269 e. The van der Waals surface area contributed by atoms with Gasteiger partial charge in [0.25, 0.3) is 11.6 Å². The van der Waals surface area contributed by atoms with Crippen LogP contribution in [0.4, 0.5) is 17.1 Å². The molecule has 1 amide bonds. The molecule has 0 spiro atoms. The number of nitro benzene ring substituents is 1. The SMILES string of the molecule is O=C1/C(=C/c2ccc([N+](=O)[O-])cc2)c2ccccc2N1c1ccccc1. The van der Waals surface area contributed by atoms with Gasteiger partial charge < -0.3 is 0 Å². The summed E-state index contributed by atoms with van der Waals surface area (Å²) < 4.78 is 0. The van der Waals surface area contributed by atoms with E-state index in [1.165, 1.54) is 12.1 Å². The van der Waals surface area contributed by atoms with Crippen LogP contribution in [0.5, 0.6) is 0 Å². The molecule has 3 aromatic carbocycles. The van der Waals surface area contributed by atoms with Crippen LogP contribution in [0.2, 0.25) is 0 Å². The topological polar surface area (TPSA) is 63.4 Å². The first kappa shape index (κ1) is 15.8. The van der Waals surface area contributed by atoms with E-state index in [-0.39, 0.29) is 11.6 Å². The van der Waals surface area contributed by atoms with Crippen LogP contribution in [-0.4, -0.2) is 10.8 Å². The molecule has 1 aliphatic rings. The van der Waals surface area contributed by atoms with E-state index in [9.17, 15) is 14.9 Å². The van der Waals surface area contributed by atoms with Gasteiger partial charge in [0, 0.05) is 23.4 Å². The number of carbonyl (C=O) groups excluding carboxylic acids is 1. The van der Waals surface area contributed by atoms with Gasteiger partial charge in [-0.1, -0.05) is 36.4 Å². The lowest BCUT2D eigenvalue weighted by atomic mass is 10.0. The van der Waals surface area contributed by atoms with Gasteiger partial charge in [-0.05, 0) is 42.0 Å². The molecule has 0 N–H and O–H groups in total. The van der Waals surface area contributed by atoms with Crippen molar-refractivity contribution in [3.8, 4) is 0 Å². The van der Waals surface area contributed by atoms with Crippen LogP contribution in [0, 0.1) is 10.1 Å². The first-order valence-electron chi connectivity index (χ1n) is 8.10. The van der Waals surface area contributed by atoms with Gasteiger partial charge in [0.2, 0.25) is 0 Å². The molecule has 4 rings (SSSR count). The summed E-state index contributed by atoms with van der Waals surface area (Å²) in [7, 11) is 0. The number of para-hydroxylation sites is 2. The maximum Gasteiger partial charge on any atom is 0.269 e. The van der Waals surface area contributed by atoms with E-state index >= 15 is 0 Å². The minimum Gasteiger partial charge on any atom is -0.276 e. The van der Waals surface area contributed by atoms with Crippen LogP contribution in [-0.2, 0) is 4.79 Å². The molecule has 0 bridgehead atoms. The Balaban J connectivity index is 1.80. The van der Waals surface area contributed by atoms with Crippen molar-refractivity contribution in [1.82, 2.24) is 0 Å². The van der Waals surface area contributed by atoms with Gasteiger partial charge in [-0.3, -0.25) is 19.8 Å². The number of hydrogen-bond acceptors (Lipinski definition) is 3. The van der Waals surface area contributed by atoms with Gasteiger partial charge in [0.1, 0.15) is 0 Å². The standard InChI is InChI=1S/C21H14N2O3/c24-21-19(14-15-10-12-17(13-11-15)23(25)26)18-8-4-5-9-20(18)22(21)16-6-2-1-3-7-16/h1-14H/b19-14+. The molecular weight excluding hydrogens is 328 g/mol. The van der Waals surface area contributed by atoms with Crippen molar-refractivity contribution in [2.45, 2.75) is 0 Å². The zero-order valence-electron chi connectivity index (χ0n) is 13.7. The second-order valence-electron chi connectivity index (χ2n) is 5.90. The third-order valence-corrected chi connectivity index (χ3v) is 4.30. The van der Waals surface area contributed by atoms with E-state index in [0.717, 1.165) is 22.5 Å². The Morgan fingerprint density at radius 3 is 2.19 bits per heavy atom. The Hall–Kier alpha value is -3.73.